The molecule has 1 unspecified atom stereocenters. The fourth-order valence-electron chi connectivity index (χ4n) is 2.62. The summed E-state index contributed by atoms with van der Waals surface area (Å²) in [6, 6.07) is 9.32. The maximum atomic E-state index is 13.5. The van der Waals surface area contributed by atoms with E-state index >= 15 is 0 Å². The van der Waals surface area contributed by atoms with Gasteiger partial charge in [-0.25, -0.2) is 0 Å². The van der Waals surface area contributed by atoms with E-state index in [4.69, 9.17) is 20.6 Å². The Kier molecular flexibility index (Phi) is 7.69. The minimum absolute atomic E-state index is 0.00976. The summed E-state index contributed by atoms with van der Waals surface area (Å²) in [7, 11) is -3.92. The number of halogens is 1. The molecule has 0 aliphatic heterocycles. The van der Waals surface area contributed by atoms with E-state index in [9.17, 15) is 24.8 Å². The number of non-ortho nitro benzene ring substituents is 1. The Morgan fingerprint density at radius 2 is 1.72 bits per heavy atom. The number of nitrogens with zero attached hydrogens (tertiary/aromatic N) is 2. The van der Waals surface area contributed by atoms with Crippen LogP contribution in [-0.2, 0) is 13.6 Å². The van der Waals surface area contributed by atoms with Gasteiger partial charge in [0.2, 0.25) is 0 Å². The van der Waals surface area contributed by atoms with E-state index in [1.807, 2.05) is 0 Å². The average molecular weight is 444 g/mol. The molecule has 0 amide bonds. The lowest BCUT2D eigenvalue weighted by Gasteiger charge is -2.28. The normalized spacial score (nSPS) is 12.4. The van der Waals surface area contributed by atoms with Crippen LogP contribution in [0.1, 0.15) is 25.2 Å². The smallest absolute Gasteiger partial charge is 0.357 e. The fourth-order valence-corrected chi connectivity index (χ4v) is 4.71. The number of hydrogen-bond acceptors (Lipinski definition) is 8. The van der Waals surface area contributed by atoms with Crippen LogP contribution in [0.2, 0.25) is 5.02 Å². The molecule has 2 aromatic carbocycles. The first-order chi connectivity index (χ1) is 13.7. The molecular weight excluding hydrogens is 425 g/mol. The predicted molar refractivity (Wildman–Crippen MR) is 108 cm³/mol. The van der Waals surface area contributed by atoms with Crippen molar-refractivity contribution in [2.24, 2.45) is 0 Å². The molecule has 2 aromatic rings. The first-order valence-electron chi connectivity index (χ1n) is 8.55. The summed E-state index contributed by atoms with van der Waals surface area (Å²) in [6.45, 7) is 3.29. The van der Waals surface area contributed by atoms with Crippen LogP contribution in [0.5, 0.6) is 0 Å². The van der Waals surface area contributed by atoms with Crippen molar-refractivity contribution in [3.05, 3.63) is 73.3 Å². The molecular formula is C17H19ClN3O7P. The number of nitrogens with one attached hydrogen (secondary N) is 1. The van der Waals surface area contributed by atoms with Gasteiger partial charge in [0, 0.05) is 23.2 Å². The van der Waals surface area contributed by atoms with E-state index in [1.165, 1.54) is 36.4 Å². The SMILES string of the molecule is CCOP(=O)(OCC)C(Nc1ccc(Cl)cc1[N+](=O)[O-])c1cccc([N+](=O)[O-])c1. The van der Waals surface area contributed by atoms with Gasteiger partial charge in [-0.2, -0.15) is 0 Å². The zero-order valence-corrected chi connectivity index (χ0v) is 17.3. The van der Waals surface area contributed by atoms with Crippen molar-refractivity contribution in [3.63, 3.8) is 0 Å². The summed E-state index contributed by atoms with van der Waals surface area (Å²) in [5.74, 6) is -1.23. The molecule has 0 radical (unpaired) electrons. The third kappa shape index (κ3) is 5.51. The molecule has 156 valence electrons. The third-order valence-electron chi connectivity index (χ3n) is 3.78. The number of benzene rings is 2. The highest BCUT2D eigenvalue weighted by atomic mass is 35.5. The highest BCUT2D eigenvalue weighted by Gasteiger charge is 2.38. The molecule has 0 aliphatic carbocycles. The van der Waals surface area contributed by atoms with Crippen molar-refractivity contribution >= 4 is 36.3 Å². The van der Waals surface area contributed by atoms with Crippen LogP contribution in [0.3, 0.4) is 0 Å². The van der Waals surface area contributed by atoms with Gasteiger partial charge in [0.15, 0.2) is 5.78 Å². The summed E-state index contributed by atoms with van der Waals surface area (Å²) in [5.41, 5.74) is -0.365. The lowest BCUT2D eigenvalue weighted by Crippen LogP contribution is -2.16. The Labute approximate surface area is 171 Å². The number of rotatable bonds is 10. The summed E-state index contributed by atoms with van der Waals surface area (Å²) in [5, 5.41) is 25.5. The molecule has 0 aliphatic rings. The summed E-state index contributed by atoms with van der Waals surface area (Å²) in [6.07, 6.45) is 0. The zero-order chi connectivity index (χ0) is 21.6. The number of hydrogen-bond donors (Lipinski definition) is 1. The van der Waals surface area contributed by atoms with Crippen molar-refractivity contribution in [1.29, 1.82) is 0 Å². The lowest BCUT2D eigenvalue weighted by atomic mass is 10.2. The molecule has 1 atom stereocenters. The van der Waals surface area contributed by atoms with Gasteiger partial charge in [0.1, 0.15) is 5.69 Å². The molecule has 0 aromatic heterocycles. The maximum Gasteiger partial charge on any atom is 0.357 e. The van der Waals surface area contributed by atoms with Gasteiger partial charge in [-0.1, -0.05) is 23.7 Å². The zero-order valence-electron chi connectivity index (χ0n) is 15.6. The van der Waals surface area contributed by atoms with E-state index in [0.717, 1.165) is 6.07 Å². The average Bonchev–Trinajstić information content (AvgIpc) is 2.67. The summed E-state index contributed by atoms with van der Waals surface area (Å²) < 4.78 is 24.3. The molecule has 1 N–H and O–H groups in total. The second kappa shape index (κ2) is 9.80. The van der Waals surface area contributed by atoms with E-state index in [1.54, 1.807) is 13.8 Å². The van der Waals surface area contributed by atoms with Crippen molar-refractivity contribution in [3.8, 4) is 0 Å². The monoisotopic (exact) mass is 443 g/mol. The van der Waals surface area contributed by atoms with Gasteiger partial charge in [-0.15, -0.1) is 0 Å². The molecule has 2 rings (SSSR count). The number of anilines is 1. The van der Waals surface area contributed by atoms with Crippen LogP contribution < -0.4 is 5.32 Å². The highest BCUT2D eigenvalue weighted by molar-refractivity contribution is 7.54. The number of nitro groups is 2. The Hall–Kier alpha value is -2.52. The van der Waals surface area contributed by atoms with E-state index in [0.29, 0.717) is 0 Å². The van der Waals surface area contributed by atoms with Gasteiger partial charge in [0.25, 0.3) is 11.4 Å². The number of nitro benzene ring substituents is 2. The Bertz CT molecular complexity index is 946. The maximum absolute atomic E-state index is 13.5. The predicted octanol–water partition coefficient (Wildman–Crippen LogP) is 5.53. The topological polar surface area (TPSA) is 134 Å². The summed E-state index contributed by atoms with van der Waals surface area (Å²) >= 11 is 5.85. The van der Waals surface area contributed by atoms with Crippen molar-refractivity contribution in [1.82, 2.24) is 0 Å². The Morgan fingerprint density at radius 1 is 1.07 bits per heavy atom. The minimum atomic E-state index is -3.92. The Balaban J connectivity index is 2.62. The fraction of sp³-hybridized carbons (Fsp3) is 0.294. The lowest BCUT2D eigenvalue weighted by molar-refractivity contribution is -0.384. The first kappa shape index (κ1) is 22.8. The van der Waals surface area contributed by atoms with Crippen LogP contribution in [0.4, 0.5) is 17.1 Å². The van der Waals surface area contributed by atoms with Gasteiger partial charge < -0.3 is 14.4 Å². The van der Waals surface area contributed by atoms with Crippen LogP contribution in [0.25, 0.3) is 0 Å². The molecule has 29 heavy (non-hydrogen) atoms. The standard InChI is InChI=1S/C17H19ClN3O7P/c1-3-27-29(26,28-4-2)17(12-6-5-7-14(10-12)20(22)23)19-15-9-8-13(18)11-16(15)21(24)25/h5-11,17,19H,3-4H2,1-2H3. The summed E-state index contributed by atoms with van der Waals surface area (Å²) in [4.78, 5) is 21.3. The van der Waals surface area contributed by atoms with Crippen molar-refractivity contribution < 1.29 is 23.5 Å². The van der Waals surface area contributed by atoms with Crippen LogP contribution in [-0.4, -0.2) is 23.1 Å². The molecule has 0 fully saturated rings. The quantitative estimate of drug-likeness (QED) is 0.287. The molecule has 0 heterocycles. The van der Waals surface area contributed by atoms with Gasteiger partial charge in [-0.3, -0.25) is 24.8 Å². The van der Waals surface area contributed by atoms with E-state index in [2.05, 4.69) is 5.32 Å². The minimum Gasteiger partial charge on any atom is -0.362 e. The van der Waals surface area contributed by atoms with Gasteiger partial charge in [0.05, 0.1) is 23.1 Å². The molecule has 0 saturated carbocycles. The van der Waals surface area contributed by atoms with Crippen LogP contribution in [0, 0.1) is 20.2 Å². The first-order valence-corrected chi connectivity index (χ1v) is 10.5. The molecule has 12 heteroatoms. The molecule has 0 spiro atoms. The second-order valence-electron chi connectivity index (χ2n) is 5.69. The largest absolute Gasteiger partial charge is 0.362 e. The van der Waals surface area contributed by atoms with Gasteiger partial charge in [-0.05, 0) is 31.5 Å². The van der Waals surface area contributed by atoms with Crippen molar-refractivity contribution in [2.45, 2.75) is 19.6 Å². The van der Waals surface area contributed by atoms with Gasteiger partial charge >= 0.3 is 7.60 Å². The second-order valence-corrected chi connectivity index (χ2v) is 8.24. The van der Waals surface area contributed by atoms with Crippen LogP contribution >= 0.6 is 19.2 Å². The Morgan fingerprint density at radius 3 is 2.28 bits per heavy atom. The van der Waals surface area contributed by atoms with Crippen molar-refractivity contribution in [2.75, 3.05) is 18.5 Å². The molecule has 0 saturated heterocycles. The van der Waals surface area contributed by atoms with E-state index < -0.39 is 23.2 Å². The van der Waals surface area contributed by atoms with Crippen LogP contribution in [0.15, 0.2) is 42.5 Å². The molecule has 10 nitrogen and oxygen atoms in total. The van der Waals surface area contributed by atoms with E-state index in [-0.39, 0.29) is 40.9 Å². The molecule has 0 bridgehead atoms. The highest BCUT2D eigenvalue weighted by Crippen LogP contribution is 2.61. The third-order valence-corrected chi connectivity index (χ3v) is 6.31.